The highest BCUT2D eigenvalue weighted by atomic mass is 19.1. The Labute approximate surface area is 129 Å². The Morgan fingerprint density at radius 1 is 1.30 bits per heavy atom. The minimum absolute atomic E-state index is 0.0954. The van der Waals surface area contributed by atoms with E-state index in [1.54, 1.807) is 6.92 Å². The monoisotopic (exact) mass is 318 g/mol. The molecular weight excluding hydrogens is 306 g/mol. The molecule has 0 bridgehead atoms. The van der Waals surface area contributed by atoms with E-state index >= 15 is 0 Å². The number of nitrogens with zero attached hydrogens (tertiary/aromatic N) is 4. The molecule has 0 fully saturated rings. The Hall–Kier alpha value is -3.03. The fourth-order valence-electron chi connectivity index (χ4n) is 2.38. The lowest BCUT2D eigenvalue weighted by Crippen LogP contribution is -2.29. The lowest BCUT2D eigenvalue weighted by molar-refractivity contribution is 0.202. The van der Waals surface area contributed by atoms with Gasteiger partial charge in [0, 0.05) is 24.5 Å². The first kappa shape index (κ1) is 14.9. The van der Waals surface area contributed by atoms with Crippen LogP contribution in [0.15, 0.2) is 36.8 Å². The number of anilines is 1. The standard InChI is InChI=1S/C15H12F2N4O2/c1-2-20(15(22)23)14-13(9-5-11(17)7-18-6-9)21-8-10(16)3-4-12(21)19-14/h3-8H,2H2,1H3,(H,22,23). The van der Waals surface area contributed by atoms with Crippen molar-refractivity contribution in [2.75, 3.05) is 11.4 Å². The number of hydrogen-bond acceptors (Lipinski definition) is 3. The molecule has 8 heteroatoms. The number of rotatable bonds is 3. The predicted octanol–water partition coefficient (Wildman–Crippen LogP) is 3.18. The molecule has 6 nitrogen and oxygen atoms in total. The minimum Gasteiger partial charge on any atom is -0.465 e. The van der Waals surface area contributed by atoms with Crippen LogP contribution in [0.4, 0.5) is 19.4 Å². The third-order valence-electron chi connectivity index (χ3n) is 3.35. The SMILES string of the molecule is CCN(C(=O)O)c1nc2ccc(F)cn2c1-c1cncc(F)c1. The minimum atomic E-state index is -1.21. The molecule has 3 aromatic rings. The Bertz CT molecular complexity index is 894. The van der Waals surface area contributed by atoms with Crippen molar-refractivity contribution < 1.29 is 18.7 Å². The van der Waals surface area contributed by atoms with Crippen LogP contribution in [0, 0.1) is 11.6 Å². The van der Waals surface area contributed by atoms with Gasteiger partial charge in [0.05, 0.1) is 11.9 Å². The maximum atomic E-state index is 13.6. The molecule has 3 heterocycles. The molecule has 1 amide bonds. The van der Waals surface area contributed by atoms with Gasteiger partial charge in [0.2, 0.25) is 0 Å². The normalized spacial score (nSPS) is 10.9. The zero-order valence-electron chi connectivity index (χ0n) is 12.1. The molecule has 23 heavy (non-hydrogen) atoms. The van der Waals surface area contributed by atoms with Crippen LogP contribution in [0.1, 0.15) is 6.92 Å². The summed E-state index contributed by atoms with van der Waals surface area (Å²) in [7, 11) is 0. The second-order valence-electron chi connectivity index (χ2n) is 4.78. The van der Waals surface area contributed by atoms with Gasteiger partial charge in [0.15, 0.2) is 5.82 Å². The molecular formula is C15H12F2N4O2. The van der Waals surface area contributed by atoms with Gasteiger partial charge in [0.1, 0.15) is 17.3 Å². The van der Waals surface area contributed by atoms with Crippen LogP contribution in [0.25, 0.3) is 16.9 Å². The van der Waals surface area contributed by atoms with E-state index in [0.717, 1.165) is 11.1 Å². The van der Waals surface area contributed by atoms with E-state index in [2.05, 4.69) is 9.97 Å². The van der Waals surface area contributed by atoms with Crippen LogP contribution in [0.5, 0.6) is 0 Å². The number of halogens is 2. The number of carbonyl (C=O) groups is 1. The van der Waals surface area contributed by atoms with E-state index in [4.69, 9.17) is 0 Å². The molecule has 1 N–H and O–H groups in total. The lowest BCUT2D eigenvalue weighted by Gasteiger charge is -2.16. The van der Waals surface area contributed by atoms with E-state index in [1.165, 1.54) is 35.0 Å². The van der Waals surface area contributed by atoms with Crippen LogP contribution in [0.3, 0.4) is 0 Å². The van der Waals surface area contributed by atoms with E-state index < -0.39 is 17.7 Å². The van der Waals surface area contributed by atoms with Crippen molar-refractivity contribution >= 4 is 17.6 Å². The van der Waals surface area contributed by atoms with Gasteiger partial charge >= 0.3 is 6.09 Å². The molecule has 0 radical (unpaired) electrons. The van der Waals surface area contributed by atoms with Gasteiger partial charge in [0.25, 0.3) is 0 Å². The van der Waals surface area contributed by atoms with Crippen molar-refractivity contribution in [1.82, 2.24) is 14.4 Å². The Morgan fingerprint density at radius 3 is 2.74 bits per heavy atom. The van der Waals surface area contributed by atoms with E-state index in [0.29, 0.717) is 11.2 Å². The molecule has 118 valence electrons. The van der Waals surface area contributed by atoms with E-state index in [1.807, 2.05) is 0 Å². The Morgan fingerprint density at radius 2 is 2.09 bits per heavy atom. The van der Waals surface area contributed by atoms with Gasteiger partial charge in [-0.15, -0.1) is 0 Å². The Kier molecular flexibility index (Phi) is 3.65. The van der Waals surface area contributed by atoms with E-state index in [9.17, 15) is 18.7 Å². The average molecular weight is 318 g/mol. The maximum absolute atomic E-state index is 13.6. The van der Waals surface area contributed by atoms with Crippen LogP contribution >= 0.6 is 0 Å². The summed E-state index contributed by atoms with van der Waals surface area (Å²) < 4.78 is 28.5. The summed E-state index contributed by atoms with van der Waals surface area (Å²) in [4.78, 5) is 20.5. The zero-order chi connectivity index (χ0) is 16.6. The first-order valence-electron chi connectivity index (χ1n) is 6.80. The lowest BCUT2D eigenvalue weighted by atomic mass is 10.2. The molecule has 0 saturated heterocycles. The predicted molar refractivity (Wildman–Crippen MR) is 79.4 cm³/mol. The summed E-state index contributed by atoms with van der Waals surface area (Å²) in [5.41, 5.74) is 0.911. The third-order valence-corrected chi connectivity index (χ3v) is 3.35. The van der Waals surface area contributed by atoms with Crippen molar-refractivity contribution in [1.29, 1.82) is 0 Å². The third kappa shape index (κ3) is 2.59. The Balaban J connectivity index is 2.35. The molecule has 0 spiro atoms. The van der Waals surface area contributed by atoms with Gasteiger partial charge in [-0.3, -0.25) is 14.3 Å². The molecule has 0 unspecified atom stereocenters. The van der Waals surface area contributed by atoms with Crippen molar-refractivity contribution in [3.05, 3.63) is 48.4 Å². The second-order valence-corrected chi connectivity index (χ2v) is 4.78. The fourth-order valence-corrected chi connectivity index (χ4v) is 2.38. The maximum Gasteiger partial charge on any atom is 0.413 e. The fraction of sp³-hybridized carbons (Fsp3) is 0.133. The van der Waals surface area contributed by atoms with E-state index in [-0.39, 0.29) is 18.1 Å². The van der Waals surface area contributed by atoms with Crippen molar-refractivity contribution in [2.45, 2.75) is 6.92 Å². The molecule has 0 aliphatic carbocycles. The molecule has 0 saturated carbocycles. The van der Waals surface area contributed by atoms with Crippen LogP contribution in [-0.2, 0) is 0 Å². The largest absolute Gasteiger partial charge is 0.465 e. The van der Waals surface area contributed by atoms with Crippen molar-refractivity contribution in [2.24, 2.45) is 0 Å². The van der Waals surface area contributed by atoms with Gasteiger partial charge in [-0.25, -0.2) is 18.6 Å². The number of hydrogen-bond donors (Lipinski definition) is 1. The highest BCUT2D eigenvalue weighted by molar-refractivity contribution is 5.91. The molecule has 3 aromatic heterocycles. The first-order valence-corrected chi connectivity index (χ1v) is 6.80. The summed E-state index contributed by atoms with van der Waals surface area (Å²) >= 11 is 0. The summed E-state index contributed by atoms with van der Waals surface area (Å²) in [6.45, 7) is 1.78. The highest BCUT2D eigenvalue weighted by Crippen LogP contribution is 2.32. The summed E-state index contributed by atoms with van der Waals surface area (Å²) in [5.74, 6) is -1.01. The number of pyridine rings is 2. The van der Waals surface area contributed by atoms with Gasteiger partial charge in [-0.05, 0) is 25.1 Å². The van der Waals surface area contributed by atoms with Crippen LogP contribution in [-0.4, -0.2) is 32.1 Å². The molecule has 0 aliphatic rings. The van der Waals surface area contributed by atoms with Crippen LogP contribution in [0.2, 0.25) is 0 Å². The molecule has 3 rings (SSSR count). The first-order chi connectivity index (χ1) is 11.0. The number of carboxylic acid groups (broad SMARTS) is 1. The highest BCUT2D eigenvalue weighted by Gasteiger charge is 2.23. The smallest absolute Gasteiger partial charge is 0.413 e. The summed E-state index contributed by atoms with van der Waals surface area (Å²) in [6.07, 6.45) is 2.36. The summed E-state index contributed by atoms with van der Waals surface area (Å²) in [6, 6.07) is 3.84. The number of amides is 1. The zero-order valence-corrected chi connectivity index (χ0v) is 12.1. The number of fused-ring (bicyclic) bond motifs is 1. The quantitative estimate of drug-likeness (QED) is 0.805. The summed E-state index contributed by atoms with van der Waals surface area (Å²) in [5, 5.41) is 9.35. The number of aromatic nitrogens is 3. The van der Waals surface area contributed by atoms with Gasteiger partial charge < -0.3 is 5.11 Å². The average Bonchev–Trinajstić information content (AvgIpc) is 2.85. The molecule has 0 aliphatic heterocycles. The van der Waals surface area contributed by atoms with Crippen molar-refractivity contribution in [3.8, 4) is 11.3 Å². The second kappa shape index (κ2) is 5.64. The molecule has 0 atom stereocenters. The topological polar surface area (TPSA) is 70.7 Å². The van der Waals surface area contributed by atoms with Gasteiger partial charge in [-0.2, -0.15) is 0 Å². The van der Waals surface area contributed by atoms with Gasteiger partial charge in [-0.1, -0.05) is 0 Å². The van der Waals surface area contributed by atoms with Crippen LogP contribution < -0.4 is 4.90 Å². The number of imidazole rings is 1. The van der Waals surface area contributed by atoms with Crippen molar-refractivity contribution in [3.63, 3.8) is 0 Å². The molecule has 0 aromatic carbocycles.